The van der Waals surface area contributed by atoms with Crippen molar-refractivity contribution in [2.45, 2.75) is 59.3 Å². The Morgan fingerprint density at radius 3 is 1.89 bits per heavy atom. The van der Waals surface area contributed by atoms with Gasteiger partial charge in [0.1, 0.15) is 23.3 Å². The summed E-state index contributed by atoms with van der Waals surface area (Å²) in [5.74, 6) is 3.78. The van der Waals surface area contributed by atoms with E-state index in [2.05, 4.69) is 67.4 Å². The van der Waals surface area contributed by atoms with Gasteiger partial charge in [0.05, 0.1) is 5.69 Å². The highest BCUT2D eigenvalue weighted by molar-refractivity contribution is 5.46. The first kappa shape index (κ1) is 19.5. The first-order valence-electron chi connectivity index (χ1n) is 9.73. The Bertz CT molecular complexity index is 763. The molecule has 146 valence electrons. The van der Waals surface area contributed by atoms with Crippen molar-refractivity contribution in [3.05, 3.63) is 35.7 Å². The van der Waals surface area contributed by atoms with Gasteiger partial charge in [0.15, 0.2) is 0 Å². The van der Waals surface area contributed by atoms with Crippen LogP contribution in [0.3, 0.4) is 0 Å². The van der Waals surface area contributed by atoms with Crippen molar-refractivity contribution in [3.8, 4) is 0 Å². The highest BCUT2D eigenvalue weighted by Crippen LogP contribution is 2.28. The monoisotopic (exact) mass is 368 g/mol. The highest BCUT2D eigenvalue weighted by Gasteiger charge is 2.26. The molecule has 2 aromatic rings. The molecule has 3 rings (SSSR count). The zero-order valence-electron chi connectivity index (χ0n) is 17.7. The van der Waals surface area contributed by atoms with E-state index in [9.17, 15) is 0 Å². The average Bonchev–Trinajstić information content (AvgIpc) is 2.60. The summed E-state index contributed by atoms with van der Waals surface area (Å²) in [4.78, 5) is 23.3. The van der Waals surface area contributed by atoms with Gasteiger partial charge in [-0.1, -0.05) is 41.5 Å². The fourth-order valence-corrected chi connectivity index (χ4v) is 3.10. The maximum absolute atomic E-state index is 4.92. The predicted molar refractivity (Wildman–Crippen MR) is 111 cm³/mol. The number of aromatic nitrogens is 4. The Morgan fingerprint density at radius 2 is 1.37 bits per heavy atom. The molecule has 0 amide bonds. The lowest BCUT2D eigenvalue weighted by Crippen LogP contribution is -2.47. The molecule has 6 nitrogen and oxygen atoms in total. The average molecular weight is 369 g/mol. The van der Waals surface area contributed by atoms with Crippen LogP contribution in [0.2, 0.25) is 0 Å². The van der Waals surface area contributed by atoms with Gasteiger partial charge < -0.3 is 9.80 Å². The third kappa shape index (κ3) is 4.54. The van der Waals surface area contributed by atoms with Crippen LogP contribution in [0.1, 0.15) is 58.9 Å². The van der Waals surface area contributed by atoms with E-state index in [4.69, 9.17) is 9.97 Å². The maximum Gasteiger partial charge on any atom is 0.136 e. The van der Waals surface area contributed by atoms with Crippen LogP contribution in [-0.2, 0) is 10.8 Å². The maximum atomic E-state index is 4.92. The van der Waals surface area contributed by atoms with Gasteiger partial charge in [-0.2, -0.15) is 0 Å². The highest BCUT2D eigenvalue weighted by atomic mass is 15.3. The first-order valence-corrected chi connectivity index (χ1v) is 9.73. The Hall–Kier alpha value is -2.24. The minimum atomic E-state index is -0.0731. The molecule has 1 fully saturated rings. The van der Waals surface area contributed by atoms with Gasteiger partial charge in [0, 0.05) is 49.3 Å². The number of aryl methyl sites for hydroxylation is 1. The summed E-state index contributed by atoms with van der Waals surface area (Å²) < 4.78 is 0. The van der Waals surface area contributed by atoms with E-state index in [0.29, 0.717) is 0 Å². The van der Waals surface area contributed by atoms with E-state index < -0.39 is 0 Å². The lowest BCUT2D eigenvalue weighted by Gasteiger charge is -2.37. The number of anilines is 2. The number of hydrogen-bond acceptors (Lipinski definition) is 6. The predicted octanol–water partition coefficient (Wildman–Crippen LogP) is 3.50. The zero-order chi connectivity index (χ0) is 19.8. The molecule has 0 bridgehead atoms. The van der Waals surface area contributed by atoms with Crippen LogP contribution >= 0.6 is 0 Å². The van der Waals surface area contributed by atoms with Crippen molar-refractivity contribution in [2.24, 2.45) is 0 Å². The largest absolute Gasteiger partial charge is 0.353 e. The molecule has 2 aromatic heterocycles. The van der Waals surface area contributed by atoms with Crippen LogP contribution in [0, 0.1) is 6.92 Å². The van der Waals surface area contributed by atoms with Crippen LogP contribution in [0.15, 0.2) is 18.3 Å². The topological polar surface area (TPSA) is 58.0 Å². The molecule has 0 spiro atoms. The van der Waals surface area contributed by atoms with E-state index in [1.54, 1.807) is 0 Å². The summed E-state index contributed by atoms with van der Waals surface area (Å²) in [6.07, 6.45) is 1.83. The van der Waals surface area contributed by atoms with Crippen molar-refractivity contribution in [1.82, 2.24) is 19.9 Å². The quantitative estimate of drug-likeness (QED) is 0.809. The molecule has 1 aliphatic heterocycles. The Morgan fingerprint density at radius 1 is 0.778 bits per heavy atom. The molecule has 3 heterocycles. The second-order valence-corrected chi connectivity index (χ2v) is 9.37. The summed E-state index contributed by atoms with van der Waals surface area (Å²) in [6, 6.07) is 4.16. The SMILES string of the molecule is Cc1nccc(N2CCN(c3cc(C(C)(C)C)nc(C(C)(C)C)n3)CC2)n1. The lowest BCUT2D eigenvalue weighted by atomic mass is 9.90. The van der Waals surface area contributed by atoms with Gasteiger partial charge in [0.2, 0.25) is 0 Å². The molecular formula is C21H32N6. The second kappa shape index (κ2) is 7.06. The standard InChI is InChI=1S/C21H32N6/c1-15-22-9-8-17(23-15)26-10-12-27(13-11-26)18-14-16(20(2,3)4)24-19(25-18)21(5,6)7/h8-9,14H,10-13H2,1-7H3. The fourth-order valence-electron chi connectivity index (χ4n) is 3.10. The van der Waals surface area contributed by atoms with Crippen LogP contribution in [-0.4, -0.2) is 46.1 Å². The molecule has 0 aromatic carbocycles. The summed E-state index contributed by atoms with van der Waals surface area (Å²) in [7, 11) is 0. The lowest BCUT2D eigenvalue weighted by molar-refractivity contribution is 0.510. The third-order valence-corrected chi connectivity index (χ3v) is 4.84. The van der Waals surface area contributed by atoms with Crippen molar-refractivity contribution in [1.29, 1.82) is 0 Å². The number of rotatable bonds is 2. The van der Waals surface area contributed by atoms with Gasteiger partial charge in [-0.05, 0) is 13.0 Å². The van der Waals surface area contributed by atoms with E-state index in [1.165, 1.54) is 0 Å². The molecule has 0 aliphatic carbocycles. The number of piperazine rings is 1. The van der Waals surface area contributed by atoms with E-state index in [1.807, 2.05) is 19.2 Å². The van der Waals surface area contributed by atoms with Crippen LogP contribution < -0.4 is 9.80 Å². The van der Waals surface area contributed by atoms with Crippen molar-refractivity contribution < 1.29 is 0 Å². The second-order valence-electron chi connectivity index (χ2n) is 9.37. The summed E-state index contributed by atoms with van der Waals surface area (Å²) in [5.41, 5.74) is 1.03. The fraction of sp³-hybridized carbons (Fsp3) is 0.619. The van der Waals surface area contributed by atoms with E-state index in [0.717, 1.165) is 55.2 Å². The van der Waals surface area contributed by atoms with Crippen molar-refractivity contribution >= 4 is 11.6 Å². The molecule has 0 radical (unpaired) electrons. The van der Waals surface area contributed by atoms with Gasteiger partial charge in [0.25, 0.3) is 0 Å². The normalized spacial score (nSPS) is 16.0. The van der Waals surface area contributed by atoms with Crippen LogP contribution in [0.25, 0.3) is 0 Å². The third-order valence-electron chi connectivity index (χ3n) is 4.84. The Labute approximate surface area is 163 Å². The van der Waals surface area contributed by atoms with E-state index in [-0.39, 0.29) is 10.8 Å². The van der Waals surface area contributed by atoms with Gasteiger partial charge in [-0.3, -0.25) is 0 Å². The minimum absolute atomic E-state index is 0.00199. The van der Waals surface area contributed by atoms with Crippen molar-refractivity contribution in [2.75, 3.05) is 36.0 Å². The summed E-state index contributed by atoms with van der Waals surface area (Å²) in [6.45, 7) is 18.8. The molecular weight excluding hydrogens is 336 g/mol. The van der Waals surface area contributed by atoms with Crippen LogP contribution in [0.5, 0.6) is 0 Å². The molecule has 0 saturated carbocycles. The van der Waals surface area contributed by atoms with Crippen molar-refractivity contribution in [3.63, 3.8) is 0 Å². The Balaban J connectivity index is 1.83. The molecule has 1 aliphatic rings. The number of nitrogens with zero attached hydrogens (tertiary/aromatic N) is 6. The zero-order valence-corrected chi connectivity index (χ0v) is 17.7. The minimum Gasteiger partial charge on any atom is -0.353 e. The van der Waals surface area contributed by atoms with Crippen LogP contribution in [0.4, 0.5) is 11.6 Å². The molecule has 27 heavy (non-hydrogen) atoms. The Kier molecular flexibility index (Phi) is 5.10. The van der Waals surface area contributed by atoms with E-state index >= 15 is 0 Å². The molecule has 0 N–H and O–H groups in total. The number of hydrogen-bond donors (Lipinski definition) is 0. The molecule has 1 saturated heterocycles. The molecule has 0 unspecified atom stereocenters. The van der Waals surface area contributed by atoms with Gasteiger partial charge in [-0.25, -0.2) is 19.9 Å². The summed E-state index contributed by atoms with van der Waals surface area (Å²) in [5, 5.41) is 0. The summed E-state index contributed by atoms with van der Waals surface area (Å²) >= 11 is 0. The molecule has 6 heteroatoms. The first-order chi connectivity index (χ1) is 12.5. The van der Waals surface area contributed by atoms with Gasteiger partial charge >= 0.3 is 0 Å². The smallest absolute Gasteiger partial charge is 0.136 e. The van der Waals surface area contributed by atoms with Gasteiger partial charge in [-0.15, -0.1) is 0 Å². The molecule has 0 atom stereocenters.